The zero-order chi connectivity index (χ0) is 64.5. The van der Waals surface area contributed by atoms with Crippen molar-refractivity contribution in [2.24, 2.45) is 0 Å². The van der Waals surface area contributed by atoms with Crippen LogP contribution >= 0.6 is 0 Å². The van der Waals surface area contributed by atoms with Crippen molar-refractivity contribution in [1.29, 1.82) is 0 Å². The summed E-state index contributed by atoms with van der Waals surface area (Å²) in [4.78, 5) is 13.4. The fraction of sp³-hybridized carbons (Fsp3) is 0.800. The molecule has 1 amide bonds. The highest BCUT2D eigenvalue weighted by atomic mass is 16.7. The van der Waals surface area contributed by atoms with Gasteiger partial charge in [0.25, 0.3) is 0 Å². The van der Waals surface area contributed by atoms with Gasteiger partial charge in [0.2, 0.25) is 5.91 Å². The molecule has 0 aromatic rings. The summed E-state index contributed by atoms with van der Waals surface area (Å²) in [6, 6.07) is -0.847. The second-order valence-electron chi connectivity index (χ2n) is 25.3. The highest BCUT2D eigenvalue weighted by molar-refractivity contribution is 5.76. The Balaban J connectivity index is 1.68. The molecule has 12 unspecified atom stereocenters. The van der Waals surface area contributed by atoms with Crippen molar-refractivity contribution in [1.82, 2.24) is 5.32 Å². The number of ether oxygens (including phenoxy) is 4. The van der Waals surface area contributed by atoms with E-state index in [1.54, 1.807) is 0 Å². The number of hydrogen-bond donors (Lipinski definition) is 9. The zero-order valence-electron chi connectivity index (χ0n) is 56.2. The Morgan fingerprint density at radius 2 is 0.775 bits per heavy atom. The van der Waals surface area contributed by atoms with Crippen molar-refractivity contribution in [3.8, 4) is 0 Å². The van der Waals surface area contributed by atoms with Gasteiger partial charge in [-0.15, -0.1) is 0 Å². The van der Waals surface area contributed by atoms with E-state index < -0.39 is 86.8 Å². The fourth-order valence-corrected chi connectivity index (χ4v) is 11.6. The second kappa shape index (κ2) is 59.0. The Morgan fingerprint density at radius 3 is 1.19 bits per heavy atom. The number of unbranched alkanes of at least 4 members (excludes halogenated alkanes) is 32. The smallest absolute Gasteiger partial charge is 0.220 e. The van der Waals surface area contributed by atoms with E-state index in [-0.39, 0.29) is 18.9 Å². The maximum atomic E-state index is 13.4. The molecule has 0 aliphatic carbocycles. The van der Waals surface area contributed by atoms with Crippen molar-refractivity contribution in [2.45, 2.75) is 364 Å². The van der Waals surface area contributed by atoms with Gasteiger partial charge in [-0.3, -0.25) is 4.79 Å². The number of rotatable bonds is 59. The highest BCUT2D eigenvalue weighted by Gasteiger charge is 2.51. The Morgan fingerprint density at radius 1 is 0.416 bits per heavy atom. The predicted molar refractivity (Wildman–Crippen MR) is 364 cm³/mol. The molecule has 0 spiro atoms. The van der Waals surface area contributed by atoms with Crippen molar-refractivity contribution in [2.75, 3.05) is 19.8 Å². The predicted octanol–water partition coefficient (Wildman–Crippen LogP) is 15.2. The van der Waals surface area contributed by atoms with Crippen molar-refractivity contribution >= 4 is 5.91 Å². The number of carbonyl (C=O) groups excluding carboxylic acids is 1. The van der Waals surface area contributed by atoms with E-state index in [1.807, 2.05) is 0 Å². The maximum Gasteiger partial charge on any atom is 0.220 e. The molecule has 12 atom stereocenters. The van der Waals surface area contributed by atoms with Gasteiger partial charge < -0.3 is 65.1 Å². The molecule has 0 bridgehead atoms. The van der Waals surface area contributed by atoms with Crippen LogP contribution in [0.4, 0.5) is 0 Å². The molecule has 14 heteroatoms. The minimum Gasteiger partial charge on any atom is -0.394 e. The van der Waals surface area contributed by atoms with Crippen LogP contribution in [0.5, 0.6) is 0 Å². The summed E-state index contributed by atoms with van der Waals surface area (Å²) in [6.45, 7) is 2.76. The summed E-state index contributed by atoms with van der Waals surface area (Å²) in [7, 11) is 0. The minimum absolute atomic E-state index is 0.225. The molecule has 0 aromatic heterocycles. The number of carbonyl (C=O) groups is 1. The van der Waals surface area contributed by atoms with E-state index >= 15 is 0 Å². The molecule has 2 saturated heterocycles. The lowest BCUT2D eigenvalue weighted by Gasteiger charge is -2.46. The van der Waals surface area contributed by atoms with Gasteiger partial charge in [-0.05, 0) is 70.6 Å². The van der Waals surface area contributed by atoms with E-state index in [4.69, 9.17) is 18.9 Å². The lowest BCUT2D eigenvalue weighted by Crippen LogP contribution is -2.65. The molecule has 2 aliphatic heterocycles. The van der Waals surface area contributed by atoms with Gasteiger partial charge in [0.15, 0.2) is 12.6 Å². The summed E-state index contributed by atoms with van der Waals surface area (Å²) in [5, 5.41) is 87.7. The first kappa shape index (κ1) is 82.3. The topological polar surface area (TPSA) is 228 Å². The van der Waals surface area contributed by atoms with Crippen LogP contribution < -0.4 is 5.32 Å². The molecule has 9 N–H and O–H groups in total. The quantitative estimate of drug-likeness (QED) is 0.0204. The second-order valence-corrected chi connectivity index (χ2v) is 25.3. The van der Waals surface area contributed by atoms with E-state index in [1.165, 1.54) is 154 Å². The molecule has 2 fully saturated rings. The summed E-state index contributed by atoms with van der Waals surface area (Å²) in [5.74, 6) is -0.225. The third-order valence-electron chi connectivity index (χ3n) is 17.4. The highest BCUT2D eigenvalue weighted by Crippen LogP contribution is 2.30. The van der Waals surface area contributed by atoms with Gasteiger partial charge in [-0.25, -0.2) is 0 Å². The molecule has 2 rings (SSSR count). The first-order valence-corrected chi connectivity index (χ1v) is 36.3. The van der Waals surface area contributed by atoms with Crippen LogP contribution in [0, 0.1) is 0 Å². The van der Waals surface area contributed by atoms with Crippen molar-refractivity contribution in [3.63, 3.8) is 0 Å². The third kappa shape index (κ3) is 42.9. The molecular formula is C75H133NO13. The molecule has 14 nitrogen and oxygen atoms in total. The van der Waals surface area contributed by atoms with Gasteiger partial charge in [0.1, 0.15) is 48.8 Å². The van der Waals surface area contributed by atoms with Crippen molar-refractivity contribution in [3.05, 3.63) is 85.1 Å². The van der Waals surface area contributed by atoms with E-state index in [2.05, 4.69) is 104 Å². The molecule has 2 aliphatic rings. The maximum absolute atomic E-state index is 13.4. The SMILES string of the molecule is CC/C=C\C/C=C\C/C=C\C/C=C\C/C=C\C/C=C\C/C=C\CCCCCCCC(=O)NC(COC1OC(CO)C(OC2OC(CO)C(O)C(O)C2O)C(O)C1O)C(O)CCCCCCCCCCCCCCCCCCCCCCCCCCCCCC. The number of nitrogens with one attached hydrogen (secondary N) is 1. The largest absolute Gasteiger partial charge is 0.394 e. The van der Waals surface area contributed by atoms with Crippen LogP contribution in [0.25, 0.3) is 0 Å². The molecule has 516 valence electrons. The number of aliphatic hydroxyl groups excluding tert-OH is 8. The summed E-state index contributed by atoms with van der Waals surface area (Å²) < 4.78 is 22.9. The molecule has 2 heterocycles. The number of allylic oxidation sites excluding steroid dienone is 14. The Bertz CT molecular complexity index is 1820. The monoisotopic (exact) mass is 1260 g/mol. The van der Waals surface area contributed by atoms with Gasteiger partial charge >= 0.3 is 0 Å². The molecular weight excluding hydrogens is 1120 g/mol. The standard InChI is InChI=1S/C75H133NO13/c1-3-5-7-9-11-13-15-17-19-21-23-25-27-29-31-33-34-36-38-40-42-44-46-48-50-52-54-56-58-64(79)63(62-86-74-72(85)70(83)73(66(61-78)88-74)89-75-71(84)69(82)68(81)65(60-77)87-75)76-67(80)59-57-55-53-51-49-47-45-43-41-39-37-35-32-30-28-26-24-22-20-18-16-14-12-10-8-6-4-2/h6,8,12,14,18,20,24,26,30,32,37,39,43,45,63-66,68-75,77-79,81-85H,3-5,7,9-11,13,15-17,19,21-23,25,27-29,31,33-36,38,40-42,44,46-62H2,1-2H3,(H,76,80)/b8-6-,14-12-,20-18-,26-24-,32-30-,39-37-,45-43-. The zero-order valence-corrected chi connectivity index (χ0v) is 56.2. The van der Waals surface area contributed by atoms with Crippen LogP contribution in [0.2, 0.25) is 0 Å². The van der Waals surface area contributed by atoms with Crippen LogP contribution in [0.15, 0.2) is 85.1 Å². The van der Waals surface area contributed by atoms with Gasteiger partial charge in [-0.2, -0.15) is 0 Å². The molecule has 0 radical (unpaired) electrons. The first-order valence-electron chi connectivity index (χ1n) is 36.3. The van der Waals surface area contributed by atoms with Crippen molar-refractivity contribution < 1.29 is 64.6 Å². The van der Waals surface area contributed by atoms with Gasteiger partial charge in [0, 0.05) is 6.42 Å². The lowest BCUT2D eigenvalue weighted by molar-refractivity contribution is -0.359. The minimum atomic E-state index is -1.79. The van der Waals surface area contributed by atoms with Crippen LogP contribution in [0.1, 0.15) is 290 Å². The Labute approximate surface area is 541 Å². The number of amides is 1. The normalized spacial score (nSPS) is 23.5. The summed E-state index contributed by atoms with van der Waals surface area (Å²) >= 11 is 0. The van der Waals surface area contributed by atoms with E-state index in [0.29, 0.717) is 12.8 Å². The van der Waals surface area contributed by atoms with E-state index in [0.717, 1.165) is 103 Å². The Hall–Kier alpha value is -2.83. The fourth-order valence-electron chi connectivity index (χ4n) is 11.6. The third-order valence-corrected chi connectivity index (χ3v) is 17.4. The van der Waals surface area contributed by atoms with Crippen LogP contribution in [0.3, 0.4) is 0 Å². The number of hydrogen-bond acceptors (Lipinski definition) is 13. The molecule has 0 aromatic carbocycles. The number of aliphatic hydroxyl groups is 8. The molecule has 89 heavy (non-hydrogen) atoms. The van der Waals surface area contributed by atoms with E-state index in [9.17, 15) is 45.6 Å². The van der Waals surface area contributed by atoms with Crippen LogP contribution in [-0.4, -0.2) is 140 Å². The lowest BCUT2D eigenvalue weighted by atomic mass is 9.97. The van der Waals surface area contributed by atoms with Crippen LogP contribution in [-0.2, 0) is 23.7 Å². The van der Waals surface area contributed by atoms with Gasteiger partial charge in [0.05, 0.1) is 32.0 Å². The summed E-state index contributed by atoms with van der Waals surface area (Å²) in [5.41, 5.74) is 0. The average Bonchev–Trinajstić information content (AvgIpc) is 2.75. The summed E-state index contributed by atoms with van der Waals surface area (Å²) in [6.07, 6.45) is 64.5. The average molecular weight is 1260 g/mol. The van der Waals surface area contributed by atoms with Gasteiger partial charge in [-0.1, -0.05) is 298 Å². The Kier molecular flexibility index (Phi) is 54.5. The first-order chi connectivity index (χ1) is 43.6. The molecule has 0 saturated carbocycles.